The van der Waals surface area contributed by atoms with Crippen molar-refractivity contribution >= 4 is 35.8 Å². The van der Waals surface area contributed by atoms with Crippen molar-refractivity contribution in [3.63, 3.8) is 0 Å². The van der Waals surface area contributed by atoms with E-state index in [0.29, 0.717) is 23.6 Å². The van der Waals surface area contributed by atoms with Gasteiger partial charge in [-0.15, -0.1) is 18.3 Å². The molecular weight excluding hydrogens is 296 g/mol. The lowest BCUT2D eigenvalue weighted by atomic mass is 10.1. The topological polar surface area (TPSA) is 48.8 Å². The van der Waals surface area contributed by atoms with Crippen LogP contribution in [0.3, 0.4) is 0 Å². The molecule has 0 aromatic carbocycles. The molecule has 0 saturated carbocycles. The summed E-state index contributed by atoms with van der Waals surface area (Å²) < 4.78 is 0. The van der Waals surface area contributed by atoms with E-state index in [4.69, 9.17) is 0 Å². The largest absolute Gasteiger partial charge is 0.377 e. The van der Waals surface area contributed by atoms with Crippen LogP contribution in [0.4, 0.5) is 5.69 Å². The fourth-order valence-corrected chi connectivity index (χ4v) is 3.14. The van der Waals surface area contributed by atoms with Gasteiger partial charge >= 0.3 is 0 Å². The lowest BCUT2D eigenvalue weighted by Crippen LogP contribution is -2.17. The summed E-state index contributed by atoms with van der Waals surface area (Å²) in [5.74, 6) is 0.595. The molecule has 5 nitrogen and oxygen atoms in total. The predicted octanol–water partition coefficient (Wildman–Crippen LogP) is 2.31. The molecule has 1 aliphatic rings. The second kappa shape index (κ2) is 7.26. The lowest BCUT2D eigenvalue weighted by Gasteiger charge is -2.24. The summed E-state index contributed by atoms with van der Waals surface area (Å²) in [6, 6.07) is 1.94. The smallest absolute Gasteiger partial charge is 0.149 e. The summed E-state index contributed by atoms with van der Waals surface area (Å²) in [5, 5.41) is 0.912. The first-order valence-corrected chi connectivity index (χ1v) is 7.90. The zero-order valence-electron chi connectivity index (χ0n) is 13.1. The third-order valence-electron chi connectivity index (χ3n) is 3.22. The van der Waals surface area contributed by atoms with Crippen LogP contribution in [0, 0.1) is 0 Å². The van der Waals surface area contributed by atoms with Crippen LogP contribution in [0.15, 0.2) is 40.5 Å². The molecule has 0 spiro atoms. The Balaban J connectivity index is 2.52. The van der Waals surface area contributed by atoms with E-state index in [9.17, 15) is 4.79 Å². The number of rotatable bonds is 6. The molecule has 2 rings (SSSR count). The van der Waals surface area contributed by atoms with Crippen molar-refractivity contribution in [2.75, 3.05) is 38.3 Å². The Morgan fingerprint density at radius 2 is 2.23 bits per heavy atom. The number of pyridine rings is 1. The molecule has 22 heavy (non-hydrogen) atoms. The minimum atomic E-state index is 0.595. The van der Waals surface area contributed by atoms with Crippen molar-refractivity contribution in [3.05, 3.63) is 36.1 Å². The Morgan fingerprint density at radius 1 is 1.45 bits per heavy atom. The van der Waals surface area contributed by atoms with Crippen molar-refractivity contribution < 1.29 is 4.79 Å². The summed E-state index contributed by atoms with van der Waals surface area (Å²) in [7, 11) is 5.86. The van der Waals surface area contributed by atoms with Gasteiger partial charge in [-0.25, -0.2) is 9.98 Å². The zero-order valence-corrected chi connectivity index (χ0v) is 13.9. The Morgan fingerprint density at radius 3 is 2.86 bits per heavy atom. The van der Waals surface area contributed by atoms with Gasteiger partial charge in [-0.2, -0.15) is 0 Å². The number of anilines is 1. The van der Waals surface area contributed by atoms with E-state index in [1.807, 2.05) is 37.0 Å². The van der Waals surface area contributed by atoms with Crippen LogP contribution in [0.5, 0.6) is 0 Å². The van der Waals surface area contributed by atoms with Gasteiger partial charge in [0.25, 0.3) is 0 Å². The van der Waals surface area contributed by atoms with Gasteiger partial charge in [0.2, 0.25) is 0 Å². The number of hydrogen-bond donors (Lipinski definition) is 0. The average molecular weight is 316 g/mol. The number of likely N-dealkylation sites (N-methyl/N-ethyl adjacent to an activating group) is 1. The van der Waals surface area contributed by atoms with Crippen LogP contribution in [0.25, 0.3) is 5.70 Å². The summed E-state index contributed by atoms with van der Waals surface area (Å²) in [6.07, 6.45) is 6.21. The predicted molar refractivity (Wildman–Crippen MR) is 93.6 cm³/mol. The molecule has 0 fully saturated rings. The number of thioether (sulfide) groups is 1. The first-order valence-electron chi connectivity index (χ1n) is 6.91. The van der Waals surface area contributed by atoms with Gasteiger partial charge in [0, 0.05) is 50.9 Å². The van der Waals surface area contributed by atoms with Crippen LogP contribution in [0.2, 0.25) is 0 Å². The van der Waals surface area contributed by atoms with E-state index in [-0.39, 0.29) is 0 Å². The van der Waals surface area contributed by atoms with Crippen LogP contribution < -0.4 is 4.90 Å². The molecule has 0 bridgehead atoms. The van der Waals surface area contributed by atoms with Crippen molar-refractivity contribution in [1.82, 2.24) is 9.88 Å². The van der Waals surface area contributed by atoms with Gasteiger partial charge in [-0.05, 0) is 6.07 Å². The molecule has 6 heteroatoms. The maximum Gasteiger partial charge on any atom is 0.149 e. The van der Waals surface area contributed by atoms with Gasteiger partial charge in [0.15, 0.2) is 0 Å². The van der Waals surface area contributed by atoms with E-state index in [2.05, 4.69) is 16.6 Å². The molecule has 0 saturated heterocycles. The number of aliphatic imine (C=N–C) groups is 1. The molecule has 0 aliphatic carbocycles. The second-order valence-corrected chi connectivity index (χ2v) is 6.12. The SMILES string of the molecule is C=CCN(C)C=NC1=C(C=O)CSc2nccc(N(C)C)c21. The summed E-state index contributed by atoms with van der Waals surface area (Å²) in [4.78, 5) is 24.3. The Bertz CT molecular complexity index is 637. The molecule has 0 amide bonds. The number of aromatic nitrogens is 1. The zero-order chi connectivity index (χ0) is 16.1. The standard InChI is InChI=1S/C16H20N4OS/c1-5-8-20(4)11-18-15-12(9-21)10-22-16-14(15)13(19(2)3)6-7-17-16/h5-7,9,11H,1,8,10H2,2-4H3. The lowest BCUT2D eigenvalue weighted by molar-refractivity contribution is -0.104. The highest BCUT2D eigenvalue weighted by molar-refractivity contribution is 7.99. The number of hydrogen-bond acceptors (Lipinski definition) is 5. The molecule has 2 heterocycles. The molecule has 116 valence electrons. The Hall–Kier alpha value is -2.08. The Kier molecular flexibility index (Phi) is 5.38. The average Bonchev–Trinajstić information content (AvgIpc) is 2.51. The van der Waals surface area contributed by atoms with Gasteiger partial charge in [-0.3, -0.25) is 4.79 Å². The number of fused-ring (bicyclic) bond motifs is 1. The minimum absolute atomic E-state index is 0.595. The molecule has 0 N–H and O–H groups in total. The highest BCUT2D eigenvalue weighted by Gasteiger charge is 2.24. The van der Waals surface area contributed by atoms with E-state index < -0.39 is 0 Å². The van der Waals surface area contributed by atoms with Gasteiger partial charge in [0.05, 0.1) is 17.6 Å². The van der Waals surface area contributed by atoms with E-state index in [1.54, 1.807) is 30.4 Å². The summed E-state index contributed by atoms with van der Waals surface area (Å²) >= 11 is 1.57. The number of carbonyl (C=O) groups excluding carboxylic acids is 1. The number of carbonyl (C=O) groups is 1. The first kappa shape index (κ1) is 16.3. The normalized spacial score (nSPS) is 14.0. The van der Waals surface area contributed by atoms with E-state index in [1.165, 1.54) is 0 Å². The van der Waals surface area contributed by atoms with Crippen LogP contribution in [-0.2, 0) is 4.79 Å². The monoisotopic (exact) mass is 316 g/mol. The van der Waals surface area contributed by atoms with Crippen LogP contribution in [-0.4, -0.2) is 55.9 Å². The summed E-state index contributed by atoms with van der Waals surface area (Å²) in [5.41, 5.74) is 3.33. The molecule has 1 aromatic rings. The highest BCUT2D eigenvalue weighted by Crippen LogP contribution is 2.40. The third kappa shape index (κ3) is 3.39. The molecular formula is C16H20N4OS. The first-order chi connectivity index (χ1) is 10.6. The van der Waals surface area contributed by atoms with Crippen LogP contribution in [0.1, 0.15) is 5.56 Å². The van der Waals surface area contributed by atoms with Gasteiger partial charge in [-0.1, -0.05) is 6.08 Å². The molecule has 1 aliphatic heterocycles. The third-order valence-corrected chi connectivity index (χ3v) is 4.26. The maximum atomic E-state index is 11.4. The van der Waals surface area contributed by atoms with Crippen molar-refractivity contribution in [2.24, 2.45) is 4.99 Å². The molecule has 0 radical (unpaired) electrons. The summed E-state index contributed by atoms with van der Waals surface area (Å²) in [6.45, 7) is 4.41. The van der Waals surface area contributed by atoms with E-state index in [0.717, 1.165) is 22.6 Å². The molecule has 0 unspecified atom stereocenters. The number of nitrogens with zero attached hydrogens (tertiary/aromatic N) is 4. The van der Waals surface area contributed by atoms with Crippen molar-refractivity contribution in [1.29, 1.82) is 0 Å². The maximum absolute atomic E-state index is 11.4. The second-order valence-electron chi connectivity index (χ2n) is 5.16. The molecule has 0 atom stereocenters. The fraction of sp³-hybridized carbons (Fsp3) is 0.312. The fourth-order valence-electron chi connectivity index (χ4n) is 2.16. The van der Waals surface area contributed by atoms with E-state index >= 15 is 0 Å². The van der Waals surface area contributed by atoms with Gasteiger partial charge in [0.1, 0.15) is 11.3 Å². The van der Waals surface area contributed by atoms with Gasteiger partial charge < -0.3 is 9.80 Å². The Labute approximate surface area is 135 Å². The molecule has 1 aromatic heterocycles. The number of aldehydes is 1. The highest BCUT2D eigenvalue weighted by atomic mass is 32.2. The quantitative estimate of drug-likeness (QED) is 0.349. The van der Waals surface area contributed by atoms with Crippen molar-refractivity contribution in [3.8, 4) is 0 Å². The minimum Gasteiger partial charge on any atom is -0.377 e. The van der Waals surface area contributed by atoms with Crippen molar-refractivity contribution in [2.45, 2.75) is 5.03 Å². The van der Waals surface area contributed by atoms with Crippen LogP contribution >= 0.6 is 11.8 Å².